The molecule has 2 aliphatic heterocycles. The third-order valence-electron chi connectivity index (χ3n) is 5.57. The first-order valence-electron chi connectivity index (χ1n) is 10.0. The van der Waals surface area contributed by atoms with Gasteiger partial charge in [0.25, 0.3) is 0 Å². The third kappa shape index (κ3) is 5.07. The van der Waals surface area contributed by atoms with E-state index in [0.717, 1.165) is 51.7 Å². The second-order valence-corrected chi connectivity index (χ2v) is 8.52. The molecule has 0 radical (unpaired) electrons. The van der Waals surface area contributed by atoms with Crippen LogP contribution in [0.25, 0.3) is 0 Å². The van der Waals surface area contributed by atoms with Gasteiger partial charge in [0.2, 0.25) is 11.8 Å². The van der Waals surface area contributed by atoms with Crippen molar-refractivity contribution in [3.05, 3.63) is 21.9 Å². The zero-order valence-electron chi connectivity index (χ0n) is 15.8. The zero-order chi connectivity index (χ0) is 18.4. The molecule has 1 atom stereocenters. The normalized spacial score (nSPS) is 19.0. The molecule has 0 aromatic carbocycles. The van der Waals surface area contributed by atoms with Crippen LogP contribution >= 0.6 is 11.3 Å². The Morgan fingerprint density at radius 1 is 1.38 bits per heavy atom. The van der Waals surface area contributed by atoms with E-state index in [4.69, 9.17) is 0 Å². The maximum absolute atomic E-state index is 13.0. The van der Waals surface area contributed by atoms with Gasteiger partial charge in [-0.15, -0.1) is 11.3 Å². The highest BCUT2D eigenvalue weighted by molar-refractivity contribution is 7.10. The number of carbonyl (C=O) groups is 2. The molecule has 3 heterocycles. The predicted octanol–water partition coefficient (Wildman–Crippen LogP) is 2.70. The lowest BCUT2D eigenvalue weighted by Gasteiger charge is -2.31. The second-order valence-electron chi connectivity index (χ2n) is 7.52. The van der Waals surface area contributed by atoms with Crippen molar-refractivity contribution in [3.8, 4) is 0 Å². The van der Waals surface area contributed by atoms with Gasteiger partial charge in [-0.25, -0.2) is 0 Å². The number of piperidine rings is 1. The van der Waals surface area contributed by atoms with Crippen LogP contribution in [0.15, 0.2) is 11.4 Å². The lowest BCUT2D eigenvalue weighted by atomic mass is 9.93. The Morgan fingerprint density at radius 2 is 2.19 bits per heavy atom. The number of nitrogens with zero attached hydrogens (tertiary/aromatic N) is 1. The topological polar surface area (TPSA) is 61.4 Å². The summed E-state index contributed by atoms with van der Waals surface area (Å²) < 4.78 is 0. The van der Waals surface area contributed by atoms with E-state index < -0.39 is 0 Å². The monoisotopic (exact) mass is 377 g/mol. The molecule has 0 aliphatic carbocycles. The van der Waals surface area contributed by atoms with Crippen molar-refractivity contribution >= 4 is 23.2 Å². The van der Waals surface area contributed by atoms with E-state index in [2.05, 4.69) is 29.0 Å². The van der Waals surface area contributed by atoms with Gasteiger partial charge in [-0.3, -0.25) is 9.59 Å². The molecule has 0 saturated carbocycles. The van der Waals surface area contributed by atoms with Crippen LogP contribution in [0.4, 0.5) is 0 Å². The minimum Gasteiger partial charge on any atom is -0.344 e. The summed E-state index contributed by atoms with van der Waals surface area (Å²) in [7, 11) is 0. The molecule has 26 heavy (non-hydrogen) atoms. The molecule has 2 amide bonds. The number of amides is 2. The van der Waals surface area contributed by atoms with Crippen LogP contribution in [0.5, 0.6) is 0 Å². The quantitative estimate of drug-likeness (QED) is 0.768. The molecule has 2 aliphatic rings. The second kappa shape index (κ2) is 9.51. The Labute approximate surface area is 160 Å². The number of nitrogens with one attached hydrogen (secondary N) is 2. The van der Waals surface area contributed by atoms with E-state index >= 15 is 0 Å². The molecule has 0 bridgehead atoms. The SMILES string of the molecule is CCCC(NC(=O)CCC1CCNCC1)C(=O)N1CCc2sccc2C1. The lowest BCUT2D eigenvalue weighted by molar-refractivity contribution is -0.137. The van der Waals surface area contributed by atoms with Crippen molar-refractivity contribution in [1.82, 2.24) is 15.5 Å². The number of fused-ring (bicyclic) bond motifs is 1. The van der Waals surface area contributed by atoms with Crippen LogP contribution in [0.1, 0.15) is 55.9 Å². The Hall–Kier alpha value is -1.40. The average Bonchev–Trinajstić information content (AvgIpc) is 3.14. The van der Waals surface area contributed by atoms with Gasteiger partial charge in [-0.2, -0.15) is 0 Å². The van der Waals surface area contributed by atoms with Crippen molar-refractivity contribution in [2.45, 2.75) is 64.5 Å². The number of hydrogen-bond acceptors (Lipinski definition) is 4. The standard InChI is InChI=1S/C20H31N3O2S/c1-2-3-17(22-19(24)5-4-15-6-10-21-11-7-15)20(25)23-12-8-18-16(14-23)9-13-26-18/h9,13,15,17,21H,2-8,10-12,14H2,1H3,(H,22,24). The molecule has 5 nitrogen and oxygen atoms in total. The van der Waals surface area contributed by atoms with Crippen LogP contribution in [0, 0.1) is 5.92 Å². The van der Waals surface area contributed by atoms with E-state index in [9.17, 15) is 9.59 Å². The minimum absolute atomic E-state index is 0.0311. The van der Waals surface area contributed by atoms with Gasteiger partial charge in [0.05, 0.1) is 0 Å². The Morgan fingerprint density at radius 3 is 2.96 bits per heavy atom. The summed E-state index contributed by atoms with van der Waals surface area (Å²) in [6, 6.07) is 1.74. The van der Waals surface area contributed by atoms with Gasteiger partial charge in [0.1, 0.15) is 6.04 Å². The van der Waals surface area contributed by atoms with Crippen molar-refractivity contribution in [3.63, 3.8) is 0 Å². The van der Waals surface area contributed by atoms with Gasteiger partial charge in [-0.05, 0) is 68.1 Å². The summed E-state index contributed by atoms with van der Waals surface area (Å²) >= 11 is 1.78. The van der Waals surface area contributed by atoms with E-state index in [1.807, 2.05) is 4.90 Å². The Balaban J connectivity index is 1.51. The van der Waals surface area contributed by atoms with E-state index in [-0.39, 0.29) is 17.9 Å². The van der Waals surface area contributed by atoms with Crippen LogP contribution < -0.4 is 10.6 Å². The van der Waals surface area contributed by atoms with Gasteiger partial charge in [0, 0.05) is 24.4 Å². The lowest BCUT2D eigenvalue weighted by Crippen LogP contribution is -2.49. The van der Waals surface area contributed by atoms with Gasteiger partial charge < -0.3 is 15.5 Å². The first-order valence-corrected chi connectivity index (χ1v) is 10.9. The average molecular weight is 378 g/mol. The molecular weight excluding hydrogens is 346 g/mol. The Kier molecular flexibility index (Phi) is 7.08. The first-order chi connectivity index (χ1) is 12.7. The summed E-state index contributed by atoms with van der Waals surface area (Å²) in [4.78, 5) is 28.7. The van der Waals surface area contributed by atoms with Crippen molar-refractivity contribution < 1.29 is 9.59 Å². The molecule has 1 saturated heterocycles. The molecule has 0 spiro atoms. The largest absolute Gasteiger partial charge is 0.344 e. The fraction of sp³-hybridized carbons (Fsp3) is 0.700. The highest BCUT2D eigenvalue weighted by Gasteiger charge is 2.28. The summed E-state index contributed by atoms with van der Waals surface area (Å²) in [5.74, 6) is 0.754. The van der Waals surface area contributed by atoms with Crippen molar-refractivity contribution in [2.24, 2.45) is 5.92 Å². The zero-order valence-corrected chi connectivity index (χ0v) is 16.6. The van der Waals surface area contributed by atoms with Crippen molar-refractivity contribution in [1.29, 1.82) is 0 Å². The fourth-order valence-electron chi connectivity index (χ4n) is 3.98. The summed E-state index contributed by atoms with van der Waals surface area (Å²) in [5.41, 5.74) is 1.27. The maximum atomic E-state index is 13.0. The maximum Gasteiger partial charge on any atom is 0.245 e. The predicted molar refractivity (Wildman–Crippen MR) is 105 cm³/mol. The smallest absolute Gasteiger partial charge is 0.245 e. The molecule has 6 heteroatoms. The molecule has 3 rings (SSSR count). The van der Waals surface area contributed by atoms with E-state index in [1.54, 1.807) is 11.3 Å². The first kappa shape index (κ1) is 19.4. The van der Waals surface area contributed by atoms with Crippen LogP contribution in [-0.2, 0) is 22.6 Å². The third-order valence-corrected chi connectivity index (χ3v) is 6.59. The molecule has 2 N–H and O–H groups in total. The van der Waals surface area contributed by atoms with Crippen LogP contribution in [0.2, 0.25) is 0 Å². The number of carbonyl (C=O) groups excluding carboxylic acids is 2. The van der Waals surface area contributed by atoms with Gasteiger partial charge in [-0.1, -0.05) is 13.3 Å². The van der Waals surface area contributed by atoms with E-state index in [1.165, 1.54) is 10.4 Å². The molecule has 1 fully saturated rings. The molecule has 144 valence electrons. The molecule has 1 unspecified atom stereocenters. The molecule has 1 aromatic heterocycles. The van der Waals surface area contributed by atoms with Crippen LogP contribution in [0.3, 0.4) is 0 Å². The fourth-order valence-corrected chi connectivity index (χ4v) is 4.86. The minimum atomic E-state index is -0.374. The Bertz CT molecular complexity index is 610. The molecule has 1 aromatic rings. The highest BCUT2D eigenvalue weighted by Crippen LogP contribution is 2.24. The van der Waals surface area contributed by atoms with Crippen LogP contribution in [-0.4, -0.2) is 42.4 Å². The van der Waals surface area contributed by atoms with Gasteiger partial charge in [0.15, 0.2) is 0 Å². The van der Waals surface area contributed by atoms with Crippen molar-refractivity contribution in [2.75, 3.05) is 19.6 Å². The van der Waals surface area contributed by atoms with Gasteiger partial charge >= 0.3 is 0 Å². The molecular formula is C20H31N3O2S. The summed E-state index contributed by atoms with van der Waals surface area (Å²) in [6.45, 7) is 5.63. The number of rotatable bonds is 7. The summed E-state index contributed by atoms with van der Waals surface area (Å²) in [5, 5.41) is 8.49. The number of thiophene rings is 1. The summed E-state index contributed by atoms with van der Waals surface area (Å²) in [6.07, 6.45) is 6.31. The highest BCUT2D eigenvalue weighted by atomic mass is 32.1. The number of hydrogen-bond donors (Lipinski definition) is 2. The van der Waals surface area contributed by atoms with E-state index in [0.29, 0.717) is 25.3 Å².